The van der Waals surface area contributed by atoms with E-state index in [1.165, 1.54) is 0 Å². The van der Waals surface area contributed by atoms with Crippen LogP contribution < -0.4 is 29.6 Å². The van der Waals surface area contributed by atoms with Gasteiger partial charge in [0.2, 0.25) is 0 Å². The summed E-state index contributed by atoms with van der Waals surface area (Å²) in [6.07, 6.45) is 0. The zero-order valence-electron chi connectivity index (χ0n) is 6.57. The Morgan fingerprint density at radius 3 is 1.75 bits per heavy atom. The second-order valence-electron chi connectivity index (χ2n) is 2.27. The molecule has 0 spiro atoms. The number of imide groups is 1. The van der Waals surface area contributed by atoms with Gasteiger partial charge in [0.25, 0.3) is 0 Å². The number of nitrogens with zero attached hydrogens (tertiary/aromatic N) is 1. The van der Waals surface area contributed by atoms with Crippen LogP contribution in [0.4, 0.5) is 0 Å². The average molecular weight is 169 g/mol. The molecule has 12 heavy (non-hydrogen) atoms. The quantitative estimate of drug-likeness (QED) is 0.345. The van der Waals surface area contributed by atoms with E-state index in [1.54, 1.807) is 24.3 Å². The van der Waals surface area contributed by atoms with Crippen LogP contribution in [0.25, 0.3) is 5.32 Å². The van der Waals surface area contributed by atoms with Crippen molar-refractivity contribution in [3.8, 4) is 0 Å². The van der Waals surface area contributed by atoms with Crippen molar-refractivity contribution >= 4 is 11.8 Å². The van der Waals surface area contributed by atoms with Crippen LogP contribution in [0.5, 0.6) is 0 Å². The molecule has 3 nitrogen and oxygen atoms in total. The van der Waals surface area contributed by atoms with Gasteiger partial charge in [-0.15, -0.1) is 0 Å². The molecule has 0 N–H and O–H groups in total. The number of carbonyl (C=O) groups is 2. The molecule has 0 unspecified atom stereocenters. The minimum absolute atomic E-state index is 0. The molecule has 1 heterocycles. The van der Waals surface area contributed by atoms with Crippen molar-refractivity contribution < 1.29 is 39.1 Å². The maximum Gasteiger partial charge on any atom is 1.00 e. The summed E-state index contributed by atoms with van der Waals surface area (Å²) in [5, 5.41) is 3.28. The Hall–Kier alpha value is -0.640. The van der Waals surface area contributed by atoms with Gasteiger partial charge in [0.15, 0.2) is 0 Å². The number of hydrogen-bond acceptors (Lipinski definition) is 2. The van der Waals surface area contributed by atoms with Gasteiger partial charge in [-0.1, -0.05) is 24.3 Å². The van der Waals surface area contributed by atoms with E-state index in [2.05, 4.69) is 5.32 Å². The molecule has 1 aliphatic heterocycles. The molecule has 2 rings (SSSR count). The van der Waals surface area contributed by atoms with E-state index >= 15 is 0 Å². The number of hydrogen-bond donors (Lipinski definition) is 0. The molecular weight excluding hydrogens is 165 g/mol. The molecular formula is C8H4NNaO2. The van der Waals surface area contributed by atoms with Gasteiger partial charge in [-0.05, 0) is 0 Å². The number of fused-ring (bicyclic) bond motifs is 1. The zero-order valence-corrected chi connectivity index (χ0v) is 8.57. The second-order valence-corrected chi connectivity index (χ2v) is 2.27. The SMILES string of the molecule is O=C1[N-]C(=O)c2ccccc21.[Na+]. The van der Waals surface area contributed by atoms with Gasteiger partial charge >= 0.3 is 29.6 Å². The first-order chi connectivity index (χ1) is 5.29. The van der Waals surface area contributed by atoms with Crippen molar-refractivity contribution in [3.05, 3.63) is 40.7 Å². The number of amides is 2. The van der Waals surface area contributed by atoms with Crippen LogP contribution in [-0.4, -0.2) is 11.8 Å². The molecule has 0 radical (unpaired) electrons. The van der Waals surface area contributed by atoms with E-state index in [-0.39, 0.29) is 29.6 Å². The van der Waals surface area contributed by atoms with Gasteiger partial charge in [0, 0.05) is 11.1 Å². The molecule has 0 saturated heterocycles. The summed E-state index contributed by atoms with van der Waals surface area (Å²) < 4.78 is 0. The fraction of sp³-hybridized carbons (Fsp3) is 0. The first-order valence-electron chi connectivity index (χ1n) is 3.18. The normalized spacial score (nSPS) is 13.3. The summed E-state index contributed by atoms with van der Waals surface area (Å²) >= 11 is 0. The van der Waals surface area contributed by atoms with Crippen molar-refractivity contribution in [3.63, 3.8) is 0 Å². The van der Waals surface area contributed by atoms with Crippen LogP contribution in [0.2, 0.25) is 0 Å². The first-order valence-corrected chi connectivity index (χ1v) is 3.18. The Bertz CT molecular complexity index is 316. The van der Waals surface area contributed by atoms with Gasteiger partial charge in [0.1, 0.15) is 0 Å². The maximum absolute atomic E-state index is 10.9. The molecule has 1 aliphatic rings. The predicted octanol–water partition coefficient (Wildman–Crippen LogP) is -1.64. The molecule has 0 saturated carbocycles. The van der Waals surface area contributed by atoms with Crippen molar-refractivity contribution in [2.45, 2.75) is 0 Å². The van der Waals surface area contributed by atoms with Crippen LogP contribution in [-0.2, 0) is 0 Å². The molecule has 1 aromatic carbocycles. The molecule has 0 bridgehead atoms. The molecule has 1 aromatic rings. The summed E-state index contributed by atoms with van der Waals surface area (Å²) in [6, 6.07) is 6.63. The standard InChI is InChI=1S/C8H5NO2.Na/c10-7-5-3-1-2-4-6(5)8(11)9-7;/h1-4H,(H,9,10,11);/q;+1/p-1. The monoisotopic (exact) mass is 169 g/mol. The van der Waals surface area contributed by atoms with E-state index in [4.69, 9.17) is 0 Å². The summed E-state index contributed by atoms with van der Waals surface area (Å²) in [5.41, 5.74) is 0.829. The Labute approximate surface area is 91.4 Å². The van der Waals surface area contributed by atoms with E-state index in [0.29, 0.717) is 11.1 Å². The smallest absolute Gasteiger partial charge is 0.587 e. The third-order valence-electron chi connectivity index (χ3n) is 1.59. The molecule has 4 heteroatoms. The summed E-state index contributed by atoms with van der Waals surface area (Å²) in [4.78, 5) is 21.8. The Balaban J connectivity index is 0.000000720. The van der Waals surface area contributed by atoms with E-state index in [0.717, 1.165) is 0 Å². The zero-order chi connectivity index (χ0) is 7.84. The van der Waals surface area contributed by atoms with Crippen LogP contribution in [0.15, 0.2) is 24.3 Å². The molecule has 0 fully saturated rings. The van der Waals surface area contributed by atoms with Crippen molar-refractivity contribution in [1.29, 1.82) is 0 Å². The van der Waals surface area contributed by atoms with E-state index in [1.807, 2.05) is 0 Å². The summed E-state index contributed by atoms with van der Waals surface area (Å²) in [7, 11) is 0. The van der Waals surface area contributed by atoms with Crippen molar-refractivity contribution in [1.82, 2.24) is 0 Å². The van der Waals surface area contributed by atoms with Crippen LogP contribution in [0, 0.1) is 0 Å². The largest absolute Gasteiger partial charge is 1.00 e. The van der Waals surface area contributed by atoms with E-state index < -0.39 is 11.8 Å². The number of rotatable bonds is 0. The van der Waals surface area contributed by atoms with Gasteiger partial charge in [-0.2, -0.15) is 0 Å². The third-order valence-corrected chi connectivity index (χ3v) is 1.59. The predicted molar refractivity (Wildman–Crippen MR) is 38.5 cm³/mol. The van der Waals surface area contributed by atoms with Crippen molar-refractivity contribution in [2.75, 3.05) is 0 Å². The topological polar surface area (TPSA) is 48.2 Å². The van der Waals surface area contributed by atoms with Crippen molar-refractivity contribution in [2.24, 2.45) is 0 Å². The minimum atomic E-state index is -0.425. The summed E-state index contributed by atoms with van der Waals surface area (Å²) in [6.45, 7) is 0. The Morgan fingerprint density at radius 1 is 0.917 bits per heavy atom. The van der Waals surface area contributed by atoms with Gasteiger partial charge in [0.05, 0.1) is 11.8 Å². The molecule has 0 aliphatic carbocycles. The fourth-order valence-electron chi connectivity index (χ4n) is 1.07. The number of carbonyl (C=O) groups excluding carboxylic acids is 2. The minimum Gasteiger partial charge on any atom is -0.587 e. The van der Waals surface area contributed by atoms with Crippen LogP contribution in [0.1, 0.15) is 20.7 Å². The number of benzene rings is 1. The Morgan fingerprint density at radius 2 is 1.33 bits per heavy atom. The third kappa shape index (κ3) is 1.31. The van der Waals surface area contributed by atoms with E-state index in [9.17, 15) is 9.59 Å². The average Bonchev–Trinajstić information content (AvgIpc) is 2.30. The Kier molecular flexibility index (Phi) is 2.67. The molecule has 2 amide bonds. The fourth-order valence-corrected chi connectivity index (χ4v) is 1.07. The van der Waals surface area contributed by atoms with Gasteiger partial charge in [-0.25, -0.2) is 0 Å². The van der Waals surface area contributed by atoms with Crippen LogP contribution in [0.3, 0.4) is 0 Å². The first kappa shape index (κ1) is 9.45. The molecule has 0 aromatic heterocycles. The summed E-state index contributed by atoms with van der Waals surface area (Å²) in [5.74, 6) is -0.851. The van der Waals surface area contributed by atoms with Crippen LogP contribution >= 0.6 is 0 Å². The van der Waals surface area contributed by atoms with Gasteiger partial charge in [-0.3, -0.25) is 0 Å². The second kappa shape index (κ2) is 3.39. The molecule has 54 valence electrons. The molecule has 0 atom stereocenters. The van der Waals surface area contributed by atoms with Gasteiger partial charge < -0.3 is 14.9 Å². The maximum atomic E-state index is 10.9.